The molecule has 190 valence electrons. The van der Waals surface area contributed by atoms with Crippen molar-refractivity contribution >= 4 is 11.7 Å². The molecule has 0 bridgehead atoms. The summed E-state index contributed by atoms with van der Waals surface area (Å²) in [6.45, 7) is 8.97. The maximum absolute atomic E-state index is 12.1. The first kappa shape index (κ1) is 29.4. The van der Waals surface area contributed by atoms with Crippen molar-refractivity contribution in [2.75, 3.05) is 58.1 Å². The van der Waals surface area contributed by atoms with Crippen molar-refractivity contribution in [3.05, 3.63) is 29.8 Å². The Morgan fingerprint density at radius 1 is 0.636 bits per heavy atom. The van der Waals surface area contributed by atoms with E-state index in [1.807, 2.05) is 12.1 Å². The van der Waals surface area contributed by atoms with Crippen molar-refractivity contribution in [2.24, 2.45) is 0 Å². The molecule has 0 aliphatic rings. The summed E-state index contributed by atoms with van der Waals surface area (Å²) in [5.41, 5.74) is 1.56. The molecule has 0 atom stereocenters. The molecular formula is C27H47NO5. The van der Waals surface area contributed by atoms with Crippen LogP contribution in [0, 0.1) is 0 Å². The van der Waals surface area contributed by atoms with Gasteiger partial charge in [0.2, 0.25) is 0 Å². The van der Waals surface area contributed by atoms with E-state index in [4.69, 9.17) is 18.9 Å². The van der Waals surface area contributed by atoms with Crippen LogP contribution in [-0.4, -0.2) is 58.8 Å². The summed E-state index contributed by atoms with van der Waals surface area (Å²) in [4.78, 5) is 12.1. The maximum atomic E-state index is 12.1. The normalized spacial score (nSPS) is 11.0. The minimum Gasteiger partial charge on any atom is -0.460 e. The summed E-state index contributed by atoms with van der Waals surface area (Å²) in [5, 5.41) is 3.32. The van der Waals surface area contributed by atoms with Gasteiger partial charge in [-0.25, -0.2) is 4.79 Å². The van der Waals surface area contributed by atoms with Gasteiger partial charge in [-0.05, 0) is 37.1 Å². The number of unbranched alkanes of at least 4 members (excludes halogenated alkanes) is 8. The van der Waals surface area contributed by atoms with E-state index in [2.05, 4.69) is 19.2 Å². The predicted molar refractivity (Wildman–Crippen MR) is 135 cm³/mol. The lowest BCUT2D eigenvalue weighted by Gasteiger charge is -2.09. The van der Waals surface area contributed by atoms with Crippen LogP contribution in [0.5, 0.6) is 0 Å². The first-order valence-electron chi connectivity index (χ1n) is 13.0. The SMILES string of the molecule is CCCCCCCCCCOCCOCCOCCOC(=O)c1ccc(NCCCC)cc1. The summed E-state index contributed by atoms with van der Waals surface area (Å²) < 4.78 is 21.8. The van der Waals surface area contributed by atoms with Crippen molar-refractivity contribution in [2.45, 2.75) is 78.1 Å². The van der Waals surface area contributed by atoms with E-state index in [0.717, 1.165) is 38.1 Å². The van der Waals surface area contributed by atoms with Gasteiger partial charge in [0.05, 0.1) is 38.6 Å². The fourth-order valence-electron chi connectivity index (χ4n) is 3.29. The van der Waals surface area contributed by atoms with Crippen LogP contribution in [0.3, 0.4) is 0 Å². The summed E-state index contributed by atoms with van der Waals surface area (Å²) in [6.07, 6.45) is 12.8. The third kappa shape index (κ3) is 17.5. The van der Waals surface area contributed by atoms with Gasteiger partial charge in [-0.15, -0.1) is 0 Å². The Morgan fingerprint density at radius 3 is 1.76 bits per heavy atom. The number of rotatable bonds is 23. The quantitative estimate of drug-likeness (QED) is 0.152. The molecule has 0 unspecified atom stereocenters. The second-order valence-electron chi connectivity index (χ2n) is 8.31. The zero-order valence-electron chi connectivity index (χ0n) is 21.1. The van der Waals surface area contributed by atoms with E-state index in [0.29, 0.717) is 38.6 Å². The molecule has 0 aliphatic heterocycles. The molecule has 0 fully saturated rings. The molecule has 0 aromatic heterocycles. The summed E-state index contributed by atoms with van der Waals surface area (Å²) in [7, 11) is 0. The van der Waals surface area contributed by atoms with E-state index < -0.39 is 0 Å². The van der Waals surface area contributed by atoms with Crippen molar-refractivity contribution in [3.63, 3.8) is 0 Å². The highest BCUT2D eigenvalue weighted by atomic mass is 16.6. The fourth-order valence-corrected chi connectivity index (χ4v) is 3.29. The fraction of sp³-hybridized carbons (Fsp3) is 0.741. The van der Waals surface area contributed by atoms with Crippen LogP contribution in [0.2, 0.25) is 0 Å². The average Bonchev–Trinajstić information content (AvgIpc) is 2.83. The Bertz CT molecular complexity index is 564. The lowest BCUT2D eigenvalue weighted by molar-refractivity contribution is 0.000185. The molecule has 0 heterocycles. The molecule has 1 rings (SSSR count). The smallest absolute Gasteiger partial charge is 0.338 e. The molecule has 1 aromatic rings. The van der Waals surface area contributed by atoms with E-state index in [-0.39, 0.29) is 12.6 Å². The predicted octanol–water partition coefficient (Wildman–Crippen LogP) is 6.25. The Labute approximate surface area is 201 Å². The Morgan fingerprint density at radius 2 is 1.15 bits per heavy atom. The highest BCUT2D eigenvalue weighted by Crippen LogP contribution is 2.11. The van der Waals surface area contributed by atoms with Crippen molar-refractivity contribution in [3.8, 4) is 0 Å². The van der Waals surface area contributed by atoms with Crippen LogP contribution in [0.15, 0.2) is 24.3 Å². The van der Waals surface area contributed by atoms with Crippen LogP contribution in [0.25, 0.3) is 0 Å². The van der Waals surface area contributed by atoms with Crippen molar-refractivity contribution in [1.29, 1.82) is 0 Å². The molecule has 1 aromatic carbocycles. The Hall–Kier alpha value is -1.63. The second kappa shape index (κ2) is 22.2. The number of nitrogens with one attached hydrogen (secondary N) is 1. The molecule has 6 nitrogen and oxygen atoms in total. The number of anilines is 1. The molecule has 0 radical (unpaired) electrons. The van der Waals surface area contributed by atoms with Gasteiger partial charge in [-0.2, -0.15) is 0 Å². The van der Waals surface area contributed by atoms with Gasteiger partial charge in [0.1, 0.15) is 6.61 Å². The largest absolute Gasteiger partial charge is 0.460 e. The van der Waals surface area contributed by atoms with Gasteiger partial charge < -0.3 is 24.3 Å². The van der Waals surface area contributed by atoms with Gasteiger partial charge in [0.15, 0.2) is 0 Å². The monoisotopic (exact) mass is 465 g/mol. The topological polar surface area (TPSA) is 66.0 Å². The minimum absolute atomic E-state index is 0.233. The van der Waals surface area contributed by atoms with Gasteiger partial charge in [0, 0.05) is 18.8 Å². The molecule has 0 spiro atoms. The highest BCUT2D eigenvalue weighted by Gasteiger charge is 2.06. The number of ether oxygens (including phenoxy) is 4. The van der Waals surface area contributed by atoms with E-state index in [1.54, 1.807) is 12.1 Å². The van der Waals surface area contributed by atoms with Crippen LogP contribution >= 0.6 is 0 Å². The van der Waals surface area contributed by atoms with E-state index in [1.165, 1.54) is 44.9 Å². The van der Waals surface area contributed by atoms with Gasteiger partial charge in [-0.3, -0.25) is 0 Å². The molecule has 1 N–H and O–H groups in total. The highest BCUT2D eigenvalue weighted by molar-refractivity contribution is 5.89. The molecule has 0 saturated carbocycles. The zero-order valence-corrected chi connectivity index (χ0v) is 21.1. The molecule has 0 aliphatic carbocycles. The Kier molecular flexibility index (Phi) is 19.8. The number of benzene rings is 1. The standard InChI is InChI=1S/C27H47NO5/c1-3-5-7-8-9-10-11-12-18-30-19-20-31-21-22-32-23-24-33-27(29)25-13-15-26(16-14-25)28-17-6-4-2/h13-16,28H,3-12,17-24H2,1-2H3. The first-order valence-corrected chi connectivity index (χ1v) is 13.0. The summed E-state index contributed by atoms with van der Waals surface area (Å²) in [6, 6.07) is 7.36. The van der Waals surface area contributed by atoms with Gasteiger partial charge in [-0.1, -0.05) is 65.2 Å². The molecule has 6 heteroatoms. The van der Waals surface area contributed by atoms with Crippen LogP contribution in [0.1, 0.15) is 88.4 Å². The van der Waals surface area contributed by atoms with Crippen molar-refractivity contribution in [1.82, 2.24) is 0 Å². The lowest BCUT2D eigenvalue weighted by atomic mass is 10.1. The first-order chi connectivity index (χ1) is 16.3. The third-order valence-corrected chi connectivity index (χ3v) is 5.33. The number of hydrogen-bond acceptors (Lipinski definition) is 6. The minimum atomic E-state index is -0.330. The average molecular weight is 466 g/mol. The molecule has 33 heavy (non-hydrogen) atoms. The summed E-state index contributed by atoms with van der Waals surface area (Å²) in [5.74, 6) is -0.330. The number of carbonyl (C=O) groups excluding carboxylic acids is 1. The van der Waals surface area contributed by atoms with E-state index >= 15 is 0 Å². The van der Waals surface area contributed by atoms with Crippen LogP contribution < -0.4 is 5.32 Å². The third-order valence-electron chi connectivity index (χ3n) is 5.33. The second-order valence-corrected chi connectivity index (χ2v) is 8.31. The lowest BCUT2D eigenvalue weighted by Crippen LogP contribution is -2.14. The molecular weight excluding hydrogens is 418 g/mol. The van der Waals surface area contributed by atoms with Crippen molar-refractivity contribution < 1.29 is 23.7 Å². The number of hydrogen-bond donors (Lipinski definition) is 1. The zero-order chi connectivity index (χ0) is 23.8. The maximum Gasteiger partial charge on any atom is 0.338 e. The Balaban J connectivity index is 1.85. The number of carbonyl (C=O) groups is 1. The van der Waals surface area contributed by atoms with E-state index in [9.17, 15) is 4.79 Å². The van der Waals surface area contributed by atoms with Gasteiger partial charge >= 0.3 is 5.97 Å². The molecule has 0 saturated heterocycles. The van der Waals surface area contributed by atoms with Crippen LogP contribution in [0.4, 0.5) is 5.69 Å². The number of esters is 1. The molecule has 0 amide bonds. The van der Waals surface area contributed by atoms with Gasteiger partial charge in [0.25, 0.3) is 0 Å². The van der Waals surface area contributed by atoms with Crippen LogP contribution in [-0.2, 0) is 18.9 Å². The summed E-state index contributed by atoms with van der Waals surface area (Å²) >= 11 is 0.